The van der Waals surface area contributed by atoms with Crippen molar-refractivity contribution in [3.8, 4) is 0 Å². The summed E-state index contributed by atoms with van der Waals surface area (Å²) in [6.07, 6.45) is 3.39. The summed E-state index contributed by atoms with van der Waals surface area (Å²) in [5.74, 6) is 0.382. The predicted molar refractivity (Wildman–Crippen MR) is 84.9 cm³/mol. The number of hydrogen-bond donors (Lipinski definition) is 2. The van der Waals surface area contributed by atoms with Gasteiger partial charge in [-0.25, -0.2) is 0 Å². The molecule has 1 saturated heterocycles. The van der Waals surface area contributed by atoms with E-state index < -0.39 is 6.04 Å². The smallest absolute Gasteiger partial charge is 0.244 e. The molecule has 1 aliphatic rings. The molecule has 0 aromatic rings. The van der Waals surface area contributed by atoms with Gasteiger partial charge in [-0.1, -0.05) is 27.2 Å². The third-order valence-electron chi connectivity index (χ3n) is 4.21. The molecular weight excluding hydrogens is 266 g/mol. The van der Waals surface area contributed by atoms with Crippen molar-refractivity contribution in [3.05, 3.63) is 0 Å². The Hall–Kier alpha value is -1.10. The highest BCUT2D eigenvalue weighted by Crippen LogP contribution is 2.31. The Labute approximate surface area is 128 Å². The molecule has 2 amide bonds. The van der Waals surface area contributed by atoms with Crippen LogP contribution >= 0.6 is 0 Å². The third-order valence-corrected chi connectivity index (χ3v) is 4.21. The Kier molecular flexibility index (Phi) is 6.65. The van der Waals surface area contributed by atoms with Gasteiger partial charge in [0.05, 0.1) is 5.41 Å². The lowest BCUT2D eigenvalue weighted by molar-refractivity contribution is -0.138. The van der Waals surface area contributed by atoms with E-state index in [0.29, 0.717) is 12.3 Å². The van der Waals surface area contributed by atoms with E-state index in [4.69, 9.17) is 0 Å². The SMILES string of the molecule is CCCC1(C(=O)NC(CC(C)C)C(=O)N(C)C)CCNC1. The number of amides is 2. The van der Waals surface area contributed by atoms with Crippen molar-refractivity contribution >= 4 is 11.8 Å². The molecule has 2 atom stereocenters. The van der Waals surface area contributed by atoms with Crippen molar-refractivity contribution in [3.63, 3.8) is 0 Å². The molecule has 1 aliphatic heterocycles. The van der Waals surface area contributed by atoms with Crippen LogP contribution in [0.15, 0.2) is 0 Å². The van der Waals surface area contributed by atoms with Crippen molar-refractivity contribution < 1.29 is 9.59 Å². The van der Waals surface area contributed by atoms with Gasteiger partial charge in [-0.15, -0.1) is 0 Å². The molecule has 2 N–H and O–H groups in total. The van der Waals surface area contributed by atoms with Gasteiger partial charge in [-0.2, -0.15) is 0 Å². The Morgan fingerprint density at radius 2 is 2.00 bits per heavy atom. The second-order valence-electron chi connectivity index (χ2n) is 6.85. The quantitative estimate of drug-likeness (QED) is 0.746. The summed E-state index contributed by atoms with van der Waals surface area (Å²) in [7, 11) is 3.47. The molecule has 1 heterocycles. The lowest BCUT2D eigenvalue weighted by atomic mass is 9.81. The van der Waals surface area contributed by atoms with Gasteiger partial charge >= 0.3 is 0 Å². The maximum Gasteiger partial charge on any atom is 0.244 e. The fraction of sp³-hybridized carbons (Fsp3) is 0.875. The van der Waals surface area contributed by atoms with E-state index in [1.165, 1.54) is 0 Å². The molecule has 0 aromatic carbocycles. The first-order valence-electron chi connectivity index (χ1n) is 8.05. The average molecular weight is 297 g/mol. The average Bonchev–Trinajstić information content (AvgIpc) is 2.86. The molecule has 5 nitrogen and oxygen atoms in total. The number of carbonyl (C=O) groups is 2. The minimum Gasteiger partial charge on any atom is -0.347 e. The molecule has 5 heteroatoms. The molecule has 0 bridgehead atoms. The zero-order chi connectivity index (χ0) is 16.0. The normalized spacial score (nSPS) is 23.1. The molecule has 122 valence electrons. The summed E-state index contributed by atoms with van der Waals surface area (Å²) < 4.78 is 0. The number of rotatable bonds is 7. The molecule has 0 aromatic heterocycles. The van der Waals surface area contributed by atoms with Crippen molar-refractivity contribution in [2.45, 2.75) is 52.5 Å². The molecule has 1 fully saturated rings. The standard InChI is InChI=1S/C16H31N3O2/c1-6-7-16(8-9-17-11-16)15(21)18-13(10-12(2)3)14(20)19(4)5/h12-13,17H,6-11H2,1-5H3,(H,18,21). The summed E-state index contributed by atoms with van der Waals surface area (Å²) in [5.41, 5.74) is -0.337. The van der Waals surface area contributed by atoms with Gasteiger partial charge in [0.1, 0.15) is 6.04 Å². The molecule has 0 aliphatic carbocycles. The maximum absolute atomic E-state index is 12.8. The van der Waals surface area contributed by atoms with Gasteiger partial charge in [0, 0.05) is 20.6 Å². The van der Waals surface area contributed by atoms with E-state index >= 15 is 0 Å². The van der Waals surface area contributed by atoms with Gasteiger partial charge in [-0.05, 0) is 31.7 Å². The van der Waals surface area contributed by atoms with Crippen molar-refractivity contribution in [2.75, 3.05) is 27.2 Å². The Morgan fingerprint density at radius 3 is 2.43 bits per heavy atom. The van der Waals surface area contributed by atoms with Gasteiger partial charge in [0.2, 0.25) is 11.8 Å². The first kappa shape index (κ1) is 18.0. The van der Waals surface area contributed by atoms with E-state index in [1.807, 2.05) is 0 Å². The van der Waals surface area contributed by atoms with Crippen LogP contribution in [0.25, 0.3) is 0 Å². The van der Waals surface area contributed by atoms with Crippen molar-refractivity contribution in [1.82, 2.24) is 15.5 Å². The number of hydrogen-bond acceptors (Lipinski definition) is 3. The van der Waals surface area contributed by atoms with Gasteiger partial charge in [0.15, 0.2) is 0 Å². The van der Waals surface area contributed by atoms with E-state index in [1.54, 1.807) is 19.0 Å². The number of carbonyl (C=O) groups excluding carboxylic acids is 2. The predicted octanol–water partition coefficient (Wildman–Crippen LogP) is 1.39. The Morgan fingerprint density at radius 1 is 1.33 bits per heavy atom. The van der Waals surface area contributed by atoms with Crippen LogP contribution in [0.5, 0.6) is 0 Å². The Bertz CT molecular complexity index is 361. The Balaban J connectivity index is 2.81. The van der Waals surface area contributed by atoms with Gasteiger partial charge in [-0.3, -0.25) is 9.59 Å². The maximum atomic E-state index is 12.8. The first-order valence-corrected chi connectivity index (χ1v) is 8.05. The topological polar surface area (TPSA) is 61.4 Å². The van der Waals surface area contributed by atoms with Crippen LogP contribution in [0.4, 0.5) is 0 Å². The minimum atomic E-state index is -0.415. The summed E-state index contributed by atoms with van der Waals surface area (Å²) in [6.45, 7) is 7.84. The molecule has 0 spiro atoms. The van der Waals surface area contributed by atoms with E-state index in [-0.39, 0.29) is 17.2 Å². The second-order valence-corrected chi connectivity index (χ2v) is 6.85. The van der Waals surface area contributed by atoms with Crippen LogP contribution in [0.3, 0.4) is 0 Å². The third kappa shape index (κ3) is 4.70. The molecule has 1 rings (SSSR count). The zero-order valence-corrected chi connectivity index (χ0v) is 14.2. The monoisotopic (exact) mass is 297 g/mol. The number of nitrogens with one attached hydrogen (secondary N) is 2. The summed E-state index contributed by atoms with van der Waals surface area (Å²) in [5, 5.41) is 6.32. The van der Waals surface area contributed by atoms with Crippen LogP contribution in [-0.2, 0) is 9.59 Å². The molecule has 21 heavy (non-hydrogen) atoms. The number of likely N-dealkylation sites (N-methyl/N-ethyl adjacent to an activating group) is 1. The molecule has 0 radical (unpaired) electrons. The van der Waals surface area contributed by atoms with Crippen LogP contribution in [-0.4, -0.2) is 49.9 Å². The fourth-order valence-electron chi connectivity index (χ4n) is 3.06. The van der Waals surface area contributed by atoms with E-state index in [0.717, 1.165) is 32.4 Å². The zero-order valence-electron chi connectivity index (χ0n) is 14.2. The highest BCUT2D eigenvalue weighted by atomic mass is 16.2. The van der Waals surface area contributed by atoms with Crippen LogP contribution in [0, 0.1) is 11.3 Å². The second kappa shape index (κ2) is 7.78. The van der Waals surface area contributed by atoms with Crippen LogP contribution < -0.4 is 10.6 Å². The van der Waals surface area contributed by atoms with Crippen molar-refractivity contribution in [1.29, 1.82) is 0 Å². The van der Waals surface area contributed by atoms with Gasteiger partial charge in [0.25, 0.3) is 0 Å². The van der Waals surface area contributed by atoms with Crippen LogP contribution in [0.2, 0.25) is 0 Å². The van der Waals surface area contributed by atoms with E-state index in [2.05, 4.69) is 31.4 Å². The molecule has 0 saturated carbocycles. The molecular formula is C16H31N3O2. The van der Waals surface area contributed by atoms with E-state index in [9.17, 15) is 9.59 Å². The molecule has 2 unspecified atom stereocenters. The number of nitrogens with zero attached hydrogens (tertiary/aromatic N) is 1. The van der Waals surface area contributed by atoms with Crippen LogP contribution in [0.1, 0.15) is 46.5 Å². The summed E-state index contributed by atoms with van der Waals surface area (Å²) in [4.78, 5) is 26.6. The highest BCUT2D eigenvalue weighted by molar-refractivity contribution is 5.90. The lowest BCUT2D eigenvalue weighted by Gasteiger charge is -2.30. The van der Waals surface area contributed by atoms with Gasteiger partial charge < -0.3 is 15.5 Å². The fourth-order valence-corrected chi connectivity index (χ4v) is 3.06. The van der Waals surface area contributed by atoms with Crippen molar-refractivity contribution in [2.24, 2.45) is 11.3 Å². The lowest BCUT2D eigenvalue weighted by Crippen LogP contribution is -2.52. The summed E-state index contributed by atoms with van der Waals surface area (Å²) in [6, 6.07) is -0.415. The highest BCUT2D eigenvalue weighted by Gasteiger charge is 2.41. The first-order chi connectivity index (χ1) is 9.82. The largest absolute Gasteiger partial charge is 0.347 e. The summed E-state index contributed by atoms with van der Waals surface area (Å²) >= 11 is 0. The minimum absolute atomic E-state index is 0.0188.